The van der Waals surface area contributed by atoms with Gasteiger partial charge in [-0.05, 0) is 11.8 Å². The molecule has 4 nitrogen and oxygen atoms in total. The molecule has 0 spiro atoms. The van der Waals surface area contributed by atoms with E-state index in [0.717, 1.165) is 31.2 Å². The zero-order valence-electron chi connectivity index (χ0n) is 10.3. The first-order valence-corrected chi connectivity index (χ1v) is 5.87. The van der Waals surface area contributed by atoms with E-state index in [1.165, 1.54) is 6.42 Å². The van der Waals surface area contributed by atoms with Crippen molar-refractivity contribution in [3.05, 3.63) is 17.7 Å². The normalized spacial score (nSPS) is 22.3. The van der Waals surface area contributed by atoms with E-state index in [2.05, 4.69) is 29.1 Å². The molecule has 1 fully saturated rings. The number of hydrogen-bond donors (Lipinski definition) is 2. The maximum absolute atomic E-state index is 4.97. The lowest BCUT2D eigenvalue weighted by atomic mass is 10.1. The predicted octanol–water partition coefficient (Wildman–Crippen LogP) is 1.66. The lowest BCUT2D eigenvalue weighted by Gasteiger charge is -2.01. The van der Waals surface area contributed by atoms with Gasteiger partial charge in [0.2, 0.25) is 0 Å². The molecular formula is C12H21N3O. The van der Waals surface area contributed by atoms with Gasteiger partial charge in [-0.2, -0.15) is 0 Å². The Morgan fingerprint density at radius 1 is 1.62 bits per heavy atom. The van der Waals surface area contributed by atoms with Crippen LogP contribution >= 0.6 is 0 Å². The first-order chi connectivity index (χ1) is 7.63. The smallest absolute Gasteiger partial charge is 0.109 e. The molecule has 16 heavy (non-hydrogen) atoms. The minimum atomic E-state index is 0.443. The van der Waals surface area contributed by atoms with E-state index in [1.807, 2.05) is 6.20 Å². The van der Waals surface area contributed by atoms with Crippen LogP contribution in [0.2, 0.25) is 0 Å². The van der Waals surface area contributed by atoms with Crippen LogP contribution in [0.3, 0.4) is 0 Å². The minimum absolute atomic E-state index is 0.443. The summed E-state index contributed by atoms with van der Waals surface area (Å²) in [5, 5.41) is 3.30. The Morgan fingerprint density at radius 3 is 3.00 bits per heavy atom. The van der Waals surface area contributed by atoms with Crippen LogP contribution in [-0.4, -0.2) is 30.2 Å². The van der Waals surface area contributed by atoms with Crippen molar-refractivity contribution in [1.82, 2.24) is 15.3 Å². The van der Waals surface area contributed by atoms with Gasteiger partial charge >= 0.3 is 0 Å². The van der Waals surface area contributed by atoms with Crippen molar-refractivity contribution in [3.63, 3.8) is 0 Å². The second-order valence-electron chi connectivity index (χ2n) is 5.21. The summed E-state index contributed by atoms with van der Waals surface area (Å²) in [5.74, 6) is 1.77. The number of nitrogens with one attached hydrogen (secondary N) is 2. The van der Waals surface area contributed by atoms with E-state index in [9.17, 15) is 0 Å². The van der Waals surface area contributed by atoms with Gasteiger partial charge in [-0.1, -0.05) is 13.8 Å². The largest absolute Gasteiger partial charge is 0.383 e. The van der Waals surface area contributed by atoms with Crippen LogP contribution in [0, 0.1) is 5.41 Å². The number of methoxy groups -OCH3 is 1. The summed E-state index contributed by atoms with van der Waals surface area (Å²) in [6.07, 6.45) is 3.18. The first-order valence-electron chi connectivity index (χ1n) is 5.87. The fourth-order valence-electron chi connectivity index (χ4n) is 1.97. The van der Waals surface area contributed by atoms with Crippen molar-refractivity contribution in [2.75, 3.05) is 20.3 Å². The third-order valence-electron chi connectivity index (χ3n) is 3.29. The molecule has 1 aliphatic rings. The van der Waals surface area contributed by atoms with Crippen molar-refractivity contribution < 1.29 is 4.74 Å². The predicted molar refractivity (Wildman–Crippen MR) is 63.3 cm³/mol. The highest BCUT2D eigenvalue weighted by atomic mass is 16.5. The molecular weight excluding hydrogens is 202 g/mol. The molecule has 0 aromatic carbocycles. The molecule has 1 aromatic rings. The fourth-order valence-corrected chi connectivity index (χ4v) is 1.97. The topological polar surface area (TPSA) is 49.9 Å². The lowest BCUT2D eigenvalue weighted by molar-refractivity contribution is 0.199. The number of ether oxygens (including phenoxy) is 1. The molecule has 0 saturated heterocycles. The van der Waals surface area contributed by atoms with Crippen molar-refractivity contribution in [2.24, 2.45) is 5.41 Å². The van der Waals surface area contributed by atoms with E-state index >= 15 is 0 Å². The van der Waals surface area contributed by atoms with Crippen LogP contribution in [0.15, 0.2) is 6.20 Å². The van der Waals surface area contributed by atoms with Crippen molar-refractivity contribution in [3.8, 4) is 0 Å². The highest BCUT2D eigenvalue weighted by molar-refractivity contribution is 5.17. The number of H-pyrrole nitrogens is 1. The Morgan fingerprint density at radius 2 is 2.38 bits per heavy atom. The maximum Gasteiger partial charge on any atom is 0.109 e. The summed E-state index contributed by atoms with van der Waals surface area (Å²) in [6, 6.07) is 0. The van der Waals surface area contributed by atoms with Gasteiger partial charge in [-0.3, -0.25) is 0 Å². The molecule has 0 radical (unpaired) electrons. The van der Waals surface area contributed by atoms with Gasteiger partial charge in [-0.15, -0.1) is 0 Å². The molecule has 0 amide bonds. The summed E-state index contributed by atoms with van der Waals surface area (Å²) in [6.45, 7) is 7.04. The Bertz CT molecular complexity index is 346. The summed E-state index contributed by atoms with van der Waals surface area (Å²) < 4.78 is 4.97. The summed E-state index contributed by atoms with van der Waals surface area (Å²) in [4.78, 5) is 7.84. The molecule has 1 aliphatic carbocycles. The monoisotopic (exact) mass is 223 g/mol. The molecule has 4 heteroatoms. The first kappa shape index (κ1) is 11.6. The van der Waals surface area contributed by atoms with Gasteiger partial charge in [-0.25, -0.2) is 4.98 Å². The van der Waals surface area contributed by atoms with E-state index in [0.29, 0.717) is 11.3 Å². The Labute approximate surface area is 96.8 Å². The fraction of sp³-hybridized carbons (Fsp3) is 0.750. The SMILES string of the molecule is COCCNCc1cnc(C2CC2(C)C)[nH]1. The number of aromatic amines is 1. The van der Waals surface area contributed by atoms with Crippen LogP contribution < -0.4 is 5.32 Å². The van der Waals surface area contributed by atoms with Crippen LogP contribution in [0.1, 0.15) is 37.7 Å². The average molecular weight is 223 g/mol. The Kier molecular flexibility index (Phi) is 3.30. The van der Waals surface area contributed by atoms with Gasteiger partial charge in [0.15, 0.2) is 0 Å². The number of hydrogen-bond acceptors (Lipinski definition) is 3. The zero-order valence-corrected chi connectivity index (χ0v) is 10.3. The van der Waals surface area contributed by atoms with Gasteiger partial charge in [0, 0.05) is 38.0 Å². The minimum Gasteiger partial charge on any atom is -0.383 e. The van der Waals surface area contributed by atoms with Crippen LogP contribution in [0.25, 0.3) is 0 Å². The number of aromatic nitrogens is 2. The quantitative estimate of drug-likeness (QED) is 0.721. The summed E-state index contributed by atoms with van der Waals surface area (Å²) in [5.41, 5.74) is 1.60. The molecule has 1 aromatic heterocycles. The third-order valence-corrected chi connectivity index (χ3v) is 3.29. The van der Waals surface area contributed by atoms with E-state index in [-0.39, 0.29) is 0 Å². The van der Waals surface area contributed by atoms with Crippen LogP contribution in [0.4, 0.5) is 0 Å². The van der Waals surface area contributed by atoms with Crippen molar-refractivity contribution in [1.29, 1.82) is 0 Å². The summed E-state index contributed by atoms with van der Waals surface area (Å²) in [7, 11) is 1.71. The zero-order chi connectivity index (χ0) is 11.6. The molecule has 1 saturated carbocycles. The second-order valence-corrected chi connectivity index (χ2v) is 5.21. The van der Waals surface area contributed by atoms with Gasteiger partial charge in [0.1, 0.15) is 5.82 Å². The van der Waals surface area contributed by atoms with E-state index in [4.69, 9.17) is 4.74 Å². The average Bonchev–Trinajstić information content (AvgIpc) is 2.70. The van der Waals surface area contributed by atoms with Crippen molar-refractivity contribution in [2.45, 2.75) is 32.7 Å². The number of nitrogens with zero attached hydrogens (tertiary/aromatic N) is 1. The second kappa shape index (κ2) is 4.55. The molecule has 2 N–H and O–H groups in total. The van der Waals surface area contributed by atoms with Gasteiger partial charge < -0.3 is 15.0 Å². The molecule has 0 bridgehead atoms. The van der Waals surface area contributed by atoms with Gasteiger partial charge in [0.25, 0.3) is 0 Å². The number of imidazole rings is 1. The molecule has 1 atom stereocenters. The van der Waals surface area contributed by atoms with E-state index < -0.39 is 0 Å². The van der Waals surface area contributed by atoms with Crippen molar-refractivity contribution >= 4 is 0 Å². The Hall–Kier alpha value is -0.870. The van der Waals surface area contributed by atoms with Crippen LogP contribution in [0.5, 0.6) is 0 Å². The highest BCUT2D eigenvalue weighted by Gasteiger charge is 2.48. The molecule has 2 rings (SSSR count). The molecule has 1 unspecified atom stereocenters. The Balaban J connectivity index is 1.79. The molecule has 1 heterocycles. The van der Waals surface area contributed by atoms with E-state index in [1.54, 1.807) is 7.11 Å². The maximum atomic E-state index is 4.97. The summed E-state index contributed by atoms with van der Waals surface area (Å²) >= 11 is 0. The highest BCUT2D eigenvalue weighted by Crippen LogP contribution is 2.57. The number of rotatable bonds is 6. The van der Waals surface area contributed by atoms with Crippen LogP contribution in [-0.2, 0) is 11.3 Å². The standard InChI is InChI=1S/C12H21N3O/c1-12(2)6-10(12)11-14-8-9(15-11)7-13-4-5-16-3/h8,10,13H,4-7H2,1-3H3,(H,14,15). The molecule has 90 valence electrons. The third kappa shape index (κ3) is 2.62. The lowest BCUT2D eigenvalue weighted by Crippen LogP contribution is -2.18. The molecule has 0 aliphatic heterocycles. The van der Waals surface area contributed by atoms with Gasteiger partial charge in [0.05, 0.1) is 6.61 Å².